The molecule has 17 heavy (non-hydrogen) atoms. The Labute approximate surface area is 100 Å². The van der Waals surface area contributed by atoms with Gasteiger partial charge in [0.2, 0.25) is 0 Å². The summed E-state index contributed by atoms with van der Waals surface area (Å²) in [5, 5.41) is 11.7. The first-order chi connectivity index (χ1) is 8.22. The van der Waals surface area contributed by atoms with Crippen LogP contribution in [0.15, 0.2) is 42.7 Å². The summed E-state index contributed by atoms with van der Waals surface area (Å²) in [7, 11) is 5.26. The molecule has 1 heterocycles. The van der Waals surface area contributed by atoms with Crippen LogP contribution >= 0.6 is 0 Å². The summed E-state index contributed by atoms with van der Waals surface area (Å²) >= 11 is 0. The Morgan fingerprint density at radius 1 is 1.35 bits per heavy atom. The summed E-state index contributed by atoms with van der Waals surface area (Å²) in [6.07, 6.45) is 3.76. The topological polar surface area (TPSA) is 54.3 Å². The Balaban J connectivity index is 2.49. The molecule has 0 atom stereocenters. The number of carbonyl (C=O) groups is 1. The summed E-state index contributed by atoms with van der Waals surface area (Å²) in [6, 6.07) is 8.81. The zero-order valence-corrected chi connectivity index (χ0v) is 9.00. The molecule has 1 aromatic heterocycles. The summed E-state index contributed by atoms with van der Waals surface area (Å²) in [5.41, 5.74) is 1.51. The molecule has 0 amide bonds. The minimum atomic E-state index is -0.992. The standard InChI is InChI=1S/C11H9B2N2O2/c12-13-14-10-7-8(15-5-1-2-6-15)3-4-9(10)11(16)17/h1-7,14H,(H,16,17). The Kier molecular flexibility index (Phi) is 3.23. The fourth-order valence-corrected chi connectivity index (χ4v) is 1.60. The second-order valence-electron chi connectivity index (χ2n) is 3.44. The van der Waals surface area contributed by atoms with E-state index in [1.165, 1.54) is 6.94 Å². The van der Waals surface area contributed by atoms with Crippen LogP contribution in [0.3, 0.4) is 0 Å². The third kappa shape index (κ3) is 2.36. The molecule has 0 aliphatic carbocycles. The molecule has 1 radical (unpaired) electrons. The third-order valence-electron chi connectivity index (χ3n) is 2.37. The van der Waals surface area contributed by atoms with Crippen LogP contribution in [-0.2, 0) is 0 Å². The first-order valence-corrected chi connectivity index (χ1v) is 5.03. The van der Waals surface area contributed by atoms with E-state index in [0.717, 1.165) is 5.69 Å². The molecular formula is C11H9B2N2O2. The SMILES string of the molecule is [B]=BNc1cc(-n2cccc2)ccc1C(=O)O. The Morgan fingerprint density at radius 3 is 2.65 bits per heavy atom. The van der Waals surface area contributed by atoms with E-state index in [1.54, 1.807) is 18.2 Å². The van der Waals surface area contributed by atoms with Crippen molar-refractivity contribution in [2.24, 2.45) is 0 Å². The van der Waals surface area contributed by atoms with Crippen LogP contribution in [0, 0.1) is 0 Å². The number of aromatic carboxylic acids is 1. The molecule has 2 aromatic rings. The van der Waals surface area contributed by atoms with Gasteiger partial charge >= 0.3 is 99.6 Å². The fraction of sp³-hybridized carbons (Fsp3) is 0. The van der Waals surface area contributed by atoms with Gasteiger partial charge in [-0.3, -0.25) is 0 Å². The molecule has 0 saturated heterocycles. The van der Waals surface area contributed by atoms with Gasteiger partial charge in [-0.25, -0.2) is 0 Å². The number of hydrogen-bond donors (Lipinski definition) is 2. The molecule has 4 nitrogen and oxygen atoms in total. The number of anilines is 1. The molecule has 0 aliphatic heterocycles. The maximum atomic E-state index is 11.0. The van der Waals surface area contributed by atoms with Crippen molar-refractivity contribution in [3.8, 4) is 5.69 Å². The Bertz CT molecular complexity index is 553. The number of carboxylic acids is 1. The molecule has 0 aliphatic rings. The number of rotatable bonds is 4. The van der Waals surface area contributed by atoms with Crippen molar-refractivity contribution in [3.05, 3.63) is 48.3 Å². The molecule has 2 N–H and O–H groups in total. The van der Waals surface area contributed by atoms with Gasteiger partial charge in [-0.15, -0.1) is 0 Å². The van der Waals surface area contributed by atoms with Gasteiger partial charge in [0, 0.05) is 0 Å². The number of nitrogens with one attached hydrogen (secondary N) is 1. The second kappa shape index (κ2) is 4.82. The number of hydrogen-bond acceptors (Lipinski definition) is 2. The maximum absolute atomic E-state index is 11.0. The number of carboxylic acid groups (broad SMARTS) is 1. The van der Waals surface area contributed by atoms with Crippen LogP contribution in [-0.4, -0.2) is 29.9 Å². The number of benzene rings is 1. The van der Waals surface area contributed by atoms with Crippen LogP contribution in [0.25, 0.3) is 5.69 Å². The van der Waals surface area contributed by atoms with Crippen LogP contribution in [0.4, 0.5) is 5.69 Å². The predicted octanol–water partition coefficient (Wildman–Crippen LogP) is 1.29. The molecule has 0 fully saturated rings. The third-order valence-corrected chi connectivity index (χ3v) is 2.37. The number of aromatic nitrogens is 1. The monoisotopic (exact) mass is 223 g/mol. The van der Waals surface area contributed by atoms with Gasteiger partial charge in [0.05, 0.1) is 0 Å². The molecule has 0 unspecified atom stereocenters. The summed E-state index contributed by atoms with van der Waals surface area (Å²) in [5.74, 6) is -0.992. The van der Waals surface area contributed by atoms with Crippen molar-refractivity contribution >= 4 is 26.0 Å². The number of nitrogens with zero attached hydrogens (tertiary/aromatic N) is 1. The molecule has 1 aromatic carbocycles. The van der Waals surface area contributed by atoms with E-state index >= 15 is 0 Å². The van der Waals surface area contributed by atoms with Crippen molar-refractivity contribution in [1.82, 2.24) is 4.57 Å². The Hall–Kier alpha value is -2.10. The van der Waals surface area contributed by atoms with Crippen molar-refractivity contribution in [3.63, 3.8) is 0 Å². The van der Waals surface area contributed by atoms with Gasteiger partial charge in [0.1, 0.15) is 0 Å². The van der Waals surface area contributed by atoms with Crippen molar-refractivity contribution in [2.45, 2.75) is 0 Å². The van der Waals surface area contributed by atoms with Gasteiger partial charge in [-0.05, 0) is 0 Å². The van der Waals surface area contributed by atoms with E-state index in [9.17, 15) is 4.79 Å². The van der Waals surface area contributed by atoms with E-state index in [2.05, 4.69) is 5.23 Å². The van der Waals surface area contributed by atoms with E-state index in [-0.39, 0.29) is 5.56 Å². The van der Waals surface area contributed by atoms with Gasteiger partial charge < -0.3 is 0 Å². The van der Waals surface area contributed by atoms with Crippen molar-refractivity contribution in [1.29, 1.82) is 0 Å². The van der Waals surface area contributed by atoms with E-state index in [4.69, 9.17) is 12.5 Å². The molecule has 81 valence electrons. The minimum absolute atomic E-state index is 0.183. The summed E-state index contributed by atoms with van der Waals surface area (Å²) in [6.45, 7) is 1.21. The molecule has 0 bridgehead atoms. The van der Waals surface area contributed by atoms with Gasteiger partial charge in [-0.1, -0.05) is 0 Å². The van der Waals surface area contributed by atoms with Crippen molar-refractivity contribution in [2.75, 3.05) is 5.23 Å². The molecule has 0 spiro atoms. The van der Waals surface area contributed by atoms with Crippen molar-refractivity contribution < 1.29 is 9.90 Å². The molecule has 0 saturated carbocycles. The molecule has 6 heteroatoms. The predicted molar refractivity (Wildman–Crippen MR) is 67.9 cm³/mol. The van der Waals surface area contributed by atoms with Gasteiger partial charge in [-0.2, -0.15) is 0 Å². The first kappa shape index (κ1) is 11.4. The van der Waals surface area contributed by atoms with Crippen LogP contribution in [0.1, 0.15) is 10.4 Å². The normalized spacial score (nSPS) is 9.59. The molecular weight excluding hydrogens is 214 g/mol. The molecule has 2 rings (SSSR count). The van der Waals surface area contributed by atoms with Crippen LogP contribution < -0.4 is 5.23 Å². The van der Waals surface area contributed by atoms with E-state index < -0.39 is 5.97 Å². The average Bonchev–Trinajstić information content (AvgIpc) is 2.82. The van der Waals surface area contributed by atoms with Crippen LogP contribution in [0.5, 0.6) is 0 Å². The quantitative estimate of drug-likeness (QED) is 0.767. The second-order valence-corrected chi connectivity index (χ2v) is 3.44. The zero-order chi connectivity index (χ0) is 12.3. The average molecular weight is 223 g/mol. The first-order valence-electron chi connectivity index (χ1n) is 5.03. The van der Waals surface area contributed by atoms with Gasteiger partial charge in [0.15, 0.2) is 0 Å². The fourth-order valence-electron chi connectivity index (χ4n) is 1.60. The Morgan fingerprint density at radius 2 is 2.06 bits per heavy atom. The van der Waals surface area contributed by atoms with E-state index in [0.29, 0.717) is 5.69 Å². The van der Waals surface area contributed by atoms with Gasteiger partial charge in [0.25, 0.3) is 0 Å². The van der Waals surface area contributed by atoms with E-state index in [1.807, 2.05) is 29.1 Å². The summed E-state index contributed by atoms with van der Waals surface area (Å²) < 4.78 is 1.88. The zero-order valence-electron chi connectivity index (χ0n) is 9.00. The summed E-state index contributed by atoms with van der Waals surface area (Å²) in [4.78, 5) is 11.0. The van der Waals surface area contributed by atoms with Crippen LogP contribution in [0.2, 0.25) is 0 Å².